The second-order valence-electron chi connectivity index (χ2n) is 0. The second kappa shape index (κ2) is 19.4. The predicted octanol–water partition coefficient (Wildman–Crippen LogP) is -5.29. The molecule has 0 amide bonds. The van der Waals surface area contributed by atoms with E-state index in [1.165, 1.54) is 0 Å². The minimum absolute atomic E-state index is 0. The topological polar surface area (TPSA) is 17.1 Å². The van der Waals surface area contributed by atoms with E-state index >= 15 is 0 Å². The zero-order valence-electron chi connectivity index (χ0n) is 4.91. The molecule has 0 bridgehead atoms. The van der Waals surface area contributed by atoms with Crippen molar-refractivity contribution in [2.24, 2.45) is 0 Å². The van der Waals surface area contributed by atoms with Crippen molar-refractivity contribution in [3.8, 4) is 0 Å². The van der Waals surface area contributed by atoms with Gasteiger partial charge in [-0.25, -0.2) is 0 Å². The second-order valence-corrected chi connectivity index (χ2v) is 0. The van der Waals surface area contributed by atoms with Crippen molar-refractivity contribution in [1.29, 1.82) is 0 Å². The summed E-state index contributed by atoms with van der Waals surface area (Å²) in [7, 11) is 1.72. The molecule has 0 saturated carbocycles. The third kappa shape index (κ3) is 8.93. The fourth-order valence-electron chi connectivity index (χ4n) is 0. The van der Waals surface area contributed by atoms with Gasteiger partial charge in [-0.2, -0.15) is 0 Å². The molecule has 1 nitrogen and oxygen atoms in total. The van der Waals surface area contributed by atoms with Gasteiger partial charge in [-0.05, 0) is 0 Å². The molecule has 0 unspecified atom stereocenters. The van der Waals surface area contributed by atoms with Gasteiger partial charge in [-0.1, -0.05) is 0 Å². The maximum Gasteiger partial charge on any atom is 1.00 e. The van der Waals surface area contributed by atoms with Crippen molar-refractivity contribution >= 4 is 9.12 Å². The van der Waals surface area contributed by atoms with Crippen LogP contribution in [0.5, 0.6) is 0 Å². The van der Waals surface area contributed by atoms with E-state index in [9.17, 15) is 0 Å². The minimum atomic E-state index is 0. The van der Waals surface area contributed by atoms with Crippen LogP contribution in [0, 0.1) is 0 Å². The summed E-state index contributed by atoms with van der Waals surface area (Å²) < 4.78 is 8.06. The predicted molar refractivity (Wildman–Crippen MR) is 11.2 cm³/mol. The van der Waals surface area contributed by atoms with Crippen molar-refractivity contribution < 1.29 is 66.5 Å². The van der Waals surface area contributed by atoms with Crippen LogP contribution in [0.2, 0.25) is 0 Å². The molecule has 0 heterocycles. The van der Waals surface area contributed by atoms with E-state index in [2.05, 4.69) is 0 Å². The van der Waals surface area contributed by atoms with Gasteiger partial charge in [-0.3, -0.25) is 4.57 Å². The molecular formula is H3Na2OP. The molecule has 0 aromatic heterocycles. The van der Waals surface area contributed by atoms with Crippen LogP contribution in [0.25, 0.3) is 0 Å². The van der Waals surface area contributed by atoms with Gasteiger partial charge in [0, 0.05) is 0 Å². The van der Waals surface area contributed by atoms with Gasteiger partial charge in [0.2, 0.25) is 0 Å². The summed E-state index contributed by atoms with van der Waals surface area (Å²) in [6, 6.07) is 0. The fourth-order valence-corrected chi connectivity index (χ4v) is 0. The normalized spacial score (nSPS) is 1.00. The van der Waals surface area contributed by atoms with Crippen molar-refractivity contribution in [3.63, 3.8) is 0 Å². The maximum atomic E-state index is 8.06. The van der Waals surface area contributed by atoms with Gasteiger partial charge in [0.15, 0.2) is 0 Å². The molecule has 0 saturated heterocycles. The molecule has 0 aromatic rings. The average molecular weight is 96.0 g/mol. The molecule has 0 aliphatic rings. The van der Waals surface area contributed by atoms with Gasteiger partial charge in [-0.15, -0.1) is 0 Å². The molecule has 0 spiro atoms. The number of rotatable bonds is 0. The van der Waals surface area contributed by atoms with Gasteiger partial charge in [0.25, 0.3) is 0 Å². The van der Waals surface area contributed by atoms with Crippen LogP contribution in [0.3, 0.4) is 0 Å². The number of hydrogen-bond donors (Lipinski definition) is 0. The Balaban J connectivity index is -0.000000000833. The Hall–Kier alpha value is 2.10. The molecule has 0 N–H and O–H groups in total. The molecule has 0 fully saturated rings. The molecule has 0 rings (SSSR count). The largest absolute Gasteiger partial charge is 1.00 e. The monoisotopic (exact) mass is 96.0 g/mol. The molecule has 16 valence electrons. The quantitative estimate of drug-likeness (QED) is 0.217. The van der Waals surface area contributed by atoms with E-state index < -0.39 is 0 Å². The molecule has 0 atom stereocenters. The molecule has 4 heteroatoms. The molecule has 0 aliphatic heterocycles. The minimum Gasteiger partial charge on any atom is -1.00 e. The van der Waals surface area contributed by atoms with Gasteiger partial charge < -0.3 is 2.85 Å². The van der Waals surface area contributed by atoms with E-state index in [1.54, 1.807) is 9.12 Å². The first kappa shape index (κ1) is 16.5. The summed E-state index contributed by atoms with van der Waals surface area (Å²) in [5.41, 5.74) is 0. The third-order valence-electron chi connectivity index (χ3n) is 0. The summed E-state index contributed by atoms with van der Waals surface area (Å²) in [6.45, 7) is 0. The Labute approximate surface area is 74.7 Å². The summed E-state index contributed by atoms with van der Waals surface area (Å²) in [5.74, 6) is 0. The van der Waals surface area contributed by atoms with Gasteiger partial charge >= 0.3 is 59.1 Å². The summed E-state index contributed by atoms with van der Waals surface area (Å²) in [6.07, 6.45) is 0. The smallest absolute Gasteiger partial charge is 1.00 e. The van der Waals surface area contributed by atoms with Gasteiger partial charge in [0.1, 0.15) is 9.12 Å². The zero-order valence-corrected chi connectivity index (χ0v) is 7.91. The van der Waals surface area contributed by atoms with Crippen LogP contribution in [-0.4, -0.2) is 0 Å². The van der Waals surface area contributed by atoms with Crippen molar-refractivity contribution in [2.45, 2.75) is 0 Å². The van der Waals surface area contributed by atoms with E-state index in [1.807, 2.05) is 0 Å². The van der Waals surface area contributed by atoms with Crippen molar-refractivity contribution in [2.75, 3.05) is 0 Å². The maximum absolute atomic E-state index is 8.06. The van der Waals surface area contributed by atoms with Crippen LogP contribution in [0.4, 0.5) is 0 Å². The van der Waals surface area contributed by atoms with Gasteiger partial charge in [0.05, 0.1) is 0 Å². The standard InChI is InChI=1S/2Na.HOP.2H/c;;1-2;;/h;;2H;;/q2*+1;;2*-1. The summed E-state index contributed by atoms with van der Waals surface area (Å²) in [5, 5.41) is 0. The number of hydrogen-bond acceptors (Lipinski definition) is 1. The van der Waals surface area contributed by atoms with E-state index in [0.29, 0.717) is 0 Å². The van der Waals surface area contributed by atoms with Crippen molar-refractivity contribution in [3.05, 3.63) is 0 Å². The molecule has 4 heavy (non-hydrogen) atoms. The first-order valence-electron chi connectivity index (χ1n) is 0.204. The summed E-state index contributed by atoms with van der Waals surface area (Å²) in [4.78, 5) is 0. The van der Waals surface area contributed by atoms with Crippen LogP contribution in [-0.2, 0) is 4.57 Å². The molecule has 0 aromatic carbocycles. The zero-order chi connectivity index (χ0) is 2.00. The Morgan fingerprint density at radius 2 is 1.25 bits per heavy atom. The first-order valence-corrected chi connectivity index (χ1v) is 0.612. The Kier molecular flexibility index (Phi) is 80.2. The van der Waals surface area contributed by atoms with Crippen LogP contribution >= 0.6 is 9.12 Å². The SMILES string of the molecule is O=P.[H-].[H-].[Na+].[Na+]. The fraction of sp³-hybridized carbons (Fsp3) is 0. The van der Waals surface area contributed by atoms with E-state index in [-0.39, 0.29) is 62.0 Å². The summed E-state index contributed by atoms with van der Waals surface area (Å²) >= 11 is 0. The molecular weight excluding hydrogens is 93.0 g/mol. The third-order valence-corrected chi connectivity index (χ3v) is 0. The average Bonchev–Trinajstić information content (AvgIpc) is 1.00. The van der Waals surface area contributed by atoms with Crippen LogP contribution < -0.4 is 59.1 Å². The Morgan fingerprint density at radius 3 is 1.25 bits per heavy atom. The molecule has 0 aliphatic carbocycles. The van der Waals surface area contributed by atoms with Crippen LogP contribution in [0.1, 0.15) is 2.85 Å². The molecule has 0 radical (unpaired) electrons. The van der Waals surface area contributed by atoms with E-state index in [4.69, 9.17) is 4.57 Å². The Morgan fingerprint density at radius 1 is 1.25 bits per heavy atom. The first-order chi connectivity index (χ1) is 1.00. The van der Waals surface area contributed by atoms with Crippen LogP contribution in [0.15, 0.2) is 0 Å². The van der Waals surface area contributed by atoms with Crippen molar-refractivity contribution in [1.82, 2.24) is 0 Å². The Bertz CT molecular complexity index is 11.5. The van der Waals surface area contributed by atoms with E-state index in [0.717, 1.165) is 0 Å².